The third-order valence-corrected chi connectivity index (χ3v) is 11.7. The van der Waals surface area contributed by atoms with Crippen LogP contribution in [-0.2, 0) is 5.41 Å². The van der Waals surface area contributed by atoms with E-state index in [2.05, 4.69) is 158 Å². The van der Waals surface area contributed by atoms with E-state index in [-0.39, 0.29) is 0 Å². The summed E-state index contributed by atoms with van der Waals surface area (Å²) in [7, 11) is 0. The van der Waals surface area contributed by atoms with Crippen LogP contribution in [0, 0.1) is 0 Å². The zero-order chi connectivity index (χ0) is 36.8. The molecule has 0 fully saturated rings. The van der Waals surface area contributed by atoms with Gasteiger partial charge in [-0.2, -0.15) is 0 Å². The molecule has 0 saturated carbocycles. The van der Waals surface area contributed by atoms with Gasteiger partial charge in [0.25, 0.3) is 0 Å². The lowest BCUT2D eigenvalue weighted by molar-refractivity contribution is 0.507. The van der Waals surface area contributed by atoms with Gasteiger partial charge in [0.05, 0.1) is 0 Å². The molecule has 0 saturated heterocycles. The third-order valence-electron chi connectivity index (χ3n) is 11.7. The lowest BCUT2D eigenvalue weighted by Gasteiger charge is -2.28. The van der Waals surface area contributed by atoms with Crippen molar-refractivity contribution in [3.05, 3.63) is 211 Å². The number of para-hydroxylation sites is 1. The predicted molar refractivity (Wildman–Crippen MR) is 225 cm³/mol. The van der Waals surface area contributed by atoms with Crippen molar-refractivity contribution >= 4 is 21.7 Å². The molecule has 2 aliphatic carbocycles. The first-order valence-electron chi connectivity index (χ1n) is 19.0. The molecule has 0 N–H and O–H groups in total. The van der Waals surface area contributed by atoms with E-state index in [0.29, 0.717) is 17.5 Å². The van der Waals surface area contributed by atoms with E-state index in [1.807, 2.05) is 30.3 Å². The van der Waals surface area contributed by atoms with Gasteiger partial charge in [0.1, 0.15) is 16.8 Å². The minimum atomic E-state index is -0.531. The number of fused-ring (bicyclic) bond motifs is 13. The highest BCUT2D eigenvalue weighted by Gasteiger charge is 2.54. The second-order valence-electron chi connectivity index (χ2n) is 14.7. The molecule has 0 bridgehead atoms. The average Bonchev–Trinajstić information content (AvgIpc) is 3.90. The molecule has 0 amide bonds. The Hall–Kier alpha value is -7.43. The first kappa shape index (κ1) is 31.0. The topological polar surface area (TPSA) is 51.8 Å². The average molecular weight is 714 g/mol. The highest BCUT2D eigenvalue weighted by molar-refractivity contribution is 6.04. The molecule has 1 atom stereocenters. The third kappa shape index (κ3) is 4.38. The molecule has 4 nitrogen and oxygen atoms in total. The van der Waals surface area contributed by atoms with Crippen molar-refractivity contribution in [2.24, 2.45) is 0 Å². The van der Waals surface area contributed by atoms with Crippen LogP contribution in [0.1, 0.15) is 22.5 Å². The Morgan fingerprint density at radius 2 is 0.911 bits per heavy atom. The minimum Gasteiger partial charge on any atom is -0.459 e. The molecule has 2 aliphatic rings. The predicted octanol–water partition coefficient (Wildman–Crippen LogP) is 12.8. The van der Waals surface area contributed by atoms with Gasteiger partial charge in [0, 0.05) is 27.6 Å². The Balaban J connectivity index is 0.975. The first-order chi connectivity index (χ1) is 27.7. The molecule has 260 valence electrons. The van der Waals surface area contributed by atoms with Gasteiger partial charge in [-0.3, -0.25) is 0 Å². The summed E-state index contributed by atoms with van der Waals surface area (Å²) in [6, 6.07) is 66.5. The Bertz CT molecular complexity index is 3200. The summed E-state index contributed by atoms with van der Waals surface area (Å²) >= 11 is 0. The highest BCUT2D eigenvalue weighted by atomic mass is 16.3. The normalized spacial score (nSPS) is 14.9. The standard InChI is InChI=1S/C52H31N3O/c1-2-13-34(14-3-1)49-53-50(55-51(54-49)38-27-24-32-12-4-5-15-36(32)30-38)35-25-22-33(23-26-35)37-28-29-45-42(31-37)39-16-6-9-19-43(39)52(45)44-20-10-7-17-40(44)47-41-18-8-11-21-46(41)56-48(47)52/h1-31H. The van der Waals surface area contributed by atoms with Crippen molar-refractivity contribution in [2.45, 2.75) is 5.41 Å². The van der Waals surface area contributed by atoms with Gasteiger partial charge in [-0.1, -0.05) is 170 Å². The summed E-state index contributed by atoms with van der Waals surface area (Å²) in [6.07, 6.45) is 0. The molecule has 10 aromatic rings. The van der Waals surface area contributed by atoms with Crippen LogP contribution in [0.15, 0.2) is 192 Å². The zero-order valence-electron chi connectivity index (χ0n) is 30.1. The highest BCUT2D eigenvalue weighted by Crippen LogP contribution is 2.64. The molecule has 1 unspecified atom stereocenters. The van der Waals surface area contributed by atoms with Crippen LogP contribution in [0.3, 0.4) is 0 Å². The fourth-order valence-electron chi connectivity index (χ4n) is 9.22. The summed E-state index contributed by atoms with van der Waals surface area (Å²) < 4.78 is 6.89. The van der Waals surface area contributed by atoms with Crippen molar-refractivity contribution in [3.8, 4) is 67.5 Å². The van der Waals surface area contributed by atoms with Crippen molar-refractivity contribution in [1.29, 1.82) is 0 Å². The number of rotatable bonds is 4. The summed E-state index contributed by atoms with van der Waals surface area (Å²) in [5.41, 5.74) is 14.2. The molecule has 56 heavy (non-hydrogen) atoms. The monoisotopic (exact) mass is 713 g/mol. The zero-order valence-corrected chi connectivity index (χ0v) is 30.1. The molecule has 1 spiro atoms. The molecule has 8 aromatic carbocycles. The quantitative estimate of drug-likeness (QED) is 0.182. The maximum Gasteiger partial charge on any atom is 0.164 e. The molecule has 0 radical (unpaired) electrons. The second kappa shape index (κ2) is 11.8. The Kier molecular flexibility index (Phi) is 6.52. The fraction of sp³-hybridized carbons (Fsp3) is 0.0192. The molecular weight excluding hydrogens is 683 g/mol. The molecule has 2 aromatic heterocycles. The Morgan fingerprint density at radius 1 is 0.357 bits per heavy atom. The van der Waals surface area contributed by atoms with Crippen LogP contribution in [0.5, 0.6) is 0 Å². The van der Waals surface area contributed by atoms with Gasteiger partial charge >= 0.3 is 0 Å². The van der Waals surface area contributed by atoms with E-state index in [9.17, 15) is 0 Å². The van der Waals surface area contributed by atoms with Gasteiger partial charge in [0.15, 0.2) is 17.5 Å². The van der Waals surface area contributed by atoms with Crippen molar-refractivity contribution in [3.63, 3.8) is 0 Å². The number of furan rings is 1. The summed E-state index contributed by atoms with van der Waals surface area (Å²) in [5.74, 6) is 2.95. The maximum atomic E-state index is 6.89. The van der Waals surface area contributed by atoms with Crippen molar-refractivity contribution in [1.82, 2.24) is 15.0 Å². The number of hydrogen-bond donors (Lipinski definition) is 0. The van der Waals surface area contributed by atoms with Crippen LogP contribution in [0.25, 0.3) is 89.3 Å². The molecule has 0 aliphatic heterocycles. The summed E-state index contributed by atoms with van der Waals surface area (Å²) in [5, 5.41) is 3.49. The lowest BCUT2D eigenvalue weighted by Crippen LogP contribution is -2.25. The van der Waals surface area contributed by atoms with Crippen LogP contribution >= 0.6 is 0 Å². The SMILES string of the molecule is c1ccc(-c2nc(-c3ccc(-c4ccc5c(c4)-c4ccccc4C54c5ccccc5-c5c4oc4ccccc54)cc3)nc(-c3ccc4ccccc4c3)n2)cc1. The van der Waals surface area contributed by atoms with Crippen molar-refractivity contribution in [2.75, 3.05) is 0 Å². The van der Waals surface area contributed by atoms with Crippen LogP contribution < -0.4 is 0 Å². The van der Waals surface area contributed by atoms with E-state index in [1.165, 1.54) is 44.3 Å². The number of hydrogen-bond acceptors (Lipinski definition) is 4. The lowest BCUT2D eigenvalue weighted by atomic mass is 9.73. The molecule has 4 heteroatoms. The van der Waals surface area contributed by atoms with Crippen LogP contribution in [0.2, 0.25) is 0 Å². The number of nitrogens with zero attached hydrogens (tertiary/aromatic N) is 3. The van der Waals surface area contributed by atoms with E-state index in [4.69, 9.17) is 19.4 Å². The van der Waals surface area contributed by atoms with E-state index < -0.39 is 5.41 Å². The smallest absolute Gasteiger partial charge is 0.164 e. The van der Waals surface area contributed by atoms with Gasteiger partial charge < -0.3 is 4.42 Å². The van der Waals surface area contributed by atoms with Gasteiger partial charge in [-0.05, 0) is 73.5 Å². The second-order valence-corrected chi connectivity index (χ2v) is 14.7. The molecule has 12 rings (SSSR count). The van der Waals surface area contributed by atoms with Crippen molar-refractivity contribution < 1.29 is 4.42 Å². The minimum absolute atomic E-state index is 0.531. The van der Waals surface area contributed by atoms with Crippen LogP contribution in [0.4, 0.5) is 0 Å². The van der Waals surface area contributed by atoms with E-state index in [1.54, 1.807) is 0 Å². The maximum absolute atomic E-state index is 6.89. The Labute approximate surface area is 323 Å². The Morgan fingerprint density at radius 3 is 1.71 bits per heavy atom. The van der Waals surface area contributed by atoms with Gasteiger partial charge in [0.2, 0.25) is 0 Å². The summed E-state index contributed by atoms with van der Waals surface area (Å²) in [4.78, 5) is 15.0. The van der Waals surface area contributed by atoms with E-state index in [0.717, 1.165) is 49.9 Å². The molecule has 2 heterocycles. The van der Waals surface area contributed by atoms with Crippen LogP contribution in [-0.4, -0.2) is 15.0 Å². The largest absolute Gasteiger partial charge is 0.459 e. The summed E-state index contributed by atoms with van der Waals surface area (Å²) in [6.45, 7) is 0. The number of benzene rings is 8. The van der Waals surface area contributed by atoms with E-state index >= 15 is 0 Å². The fourth-order valence-corrected chi connectivity index (χ4v) is 9.22. The first-order valence-corrected chi connectivity index (χ1v) is 19.0. The molecular formula is C52H31N3O. The van der Waals surface area contributed by atoms with Gasteiger partial charge in [-0.25, -0.2) is 15.0 Å². The number of aromatic nitrogens is 3. The van der Waals surface area contributed by atoms with Gasteiger partial charge in [-0.15, -0.1) is 0 Å².